The van der Waals surface area contributed by atoms with E-state index in [0.717, 1.165) is 5.56 Å². The summed E-state index contributed by atoms with van der Waals surface area (Å²) in [6, 6.07) is 5.39. The highest BCUT2D eigenvalue weighted by molar-refractivity contribution is 5.96. The van der Waals surface area contributed by atoms with Gasteiger partial charge in [-0.1, -0.05) is 6.07 Å². The molecule has 2 aromatic rings. The molecule has 21 heavy (non-hydrogen) atoms. The maximum atomic E-state index is 11.0. The minimum absolute atomic E-state index is 0.113. The molecule has 0 fully saturated rings. The number of carboxylic acid groups (broad SMARTS) is 1. The highest BCUT2D eigenvalue weighted by Crippen LogP contribution is 2.25. The molecule has 0 saturated heterocycles. The number of aromatic nitrogens is 2. The van der Waals surface area contributed by atoms with Gasteiger partial charge >= 0.3 is 5.97 Å². The Morgan fingerprint density at radius 2 is 2.29 bits per heavy atom. The van der Waals surface area contributed by atoms with Crippen molar-refractivity contribution in [2.75, 3.05) is 0 Å². The van der Waals surface area contributed by atoms with Crippen molar-refractivity contribution in [1.82, 2.24) is 9.38 Å². The van der Waals surface area contributed by atoms with Crippen molar-refractivity contribution in [3.8, 4) is 11.9 Å². The summed E-state index contributed by atoms with van der Waals surface area (Å²) in [6.45, 7) is 5.61. The Bertz CT molecular complexity index is 766. The molecule has 0 unspecified atom stereocenters. The Hall–Kier alpha value is -2.81. The smallest absolute Gasteiger partial charge is 0.346 e. The van der Waals surface area contributed by atoms with Crippen LogP contribution in [0.25, 0.3) is 11.7 Å². The largest absolute Gasteiger partial charge is 0.477 e. The molecule has 0 radical (unpaired) electrons. The number of imidazole rings is 1. The highest BCUT2D eigenvalue weighted by atomic mass is 16.5. The number of hydrogen-bond donors (Lipinski definition) is 1. The fraction of sp³-hybridized carbons (Fsp3) is 0.267. The molecule has 2 aromatic heterocycles. The van der Waals surface area contributed by atoms with E-state index in [1.165, 1.54) is 6.08 Å². The monoisotopic (exact) mass is 285 g/mol. The summed E-state index contributed by atoms with van der Waals surface area (Å²) >= 11 is 0. The van der Waals surface area contributed by atoms with Gasteiger partial charge in [0.1, 0.15) is 23.0 Å². The second-order valence-electron chi connectivity index (χ2n) is 4.83. The van der Waals surface area contributed by atoms with Gasteiger partial charge in [-0.05, 0) is 38.5 Å². The Morgan fingerprint density at radius 1 is 1.57 bits per heavy atom. The molecule has 0 aliphatic heterocycles. The van der Waals surface area contributed by atoms with Crippen LogP contribution in [0.15, 0.2) is 23.9 Å². The van der Waals surface area contributed by atoms with Gasteiger partial charge in [-0.3, -0.25) is 4.40 Å². The van der Waals surface area contributed by atoms with E-state index in [-0.39, 0.29) is 11.7 Å². The molecule has 0 spiro atoms. The van der Waals surface area contributed by atoms with Crippen molar-refractivity contribution in [3.63, 3.8) is 0 Å². The summed E-state index contributed by atoms with van der Waals surface area (Å²) in [5.41, 5.74) is 1.68. The van der Waals surface area contributed by atoms with Crippen LogP contribution < -0.4 is 4.74 Å². The lowest BCUT2D eigenvalue weighted by atomic mass is 10.2. The number of ether oxygens (including phenoxy) is 1. The number of aliphatic carboxylic acids is 1. The zero-order valence-corrected chi connectivity index (χ0v) is 12.0. The summed E-state index contributed by atoms with van der Waals surface area (Å²) in [5.74, 6) is -0.969. The van der Waals surface area contributed by atoms with E-state index in [4.69, 9.17) is 15.1 Å². The first-order valence-corrected chi connectivity index (χ1v) is 6.43. The maximum Gasteiger partial charge on any atom is 0.346 e. The Labute approximate surface area is 121 Å². The molecule has 0 aliphatic rings. The van der Waals surface area contributed by atoms with E-state index in [0.29, 0.717) is 17.2 Å². The fourth-order valence-corrected chi connectivity index (χ4v) is 1.92. The molecule has 6 heteroatoms. The van der Waals surface area contributed by atoms with Crippen LogP contribution in [-0.4, -0.2) is 26.6 Å². The van der Waals surface area contributed by atoms with Crippen LogP contribution in [0.3, 0.4) is 0 Å². The predicted octanol–water partition coefficient (Wildman–Crippen LogP) is 2.42. The van der Waals surface area contributed by atoms with Crippen LogP contribution in [-0.2, 0) is 4.79 Å². The molecular formula is C15H15N3O3. The molecular weight excluding hydrogens is 270 g/mol. The number of aryl methyl sites for hydroxylation is 1. The fourth-order valence-electron chi connectivity index (χ4n) is 1.92. The molecule has 0 amide bonds. The lowest BCUT2D eigenvalue weighted by molar-refractivity contribution is -0.132. The SMILES string of the molecule is Cc1cccn2c(C=C(C#N)C(=O)O)c(OC(C)C)nc12. The summed E-state index contributed by atoms with van der Waals surface area (Å²) in [7, 11) is 0. The number of carbonyl (C=O) groups is 1. The molecule has 6 nitrogen and oxygen atoms in total. The van der Waals surface area contributed by atoms with Gasteiger partial charge in [-0.15, -0.1) is 0 Å². The van der Waals surface area contributed by atoms with E-state index < -0.39 is 5.97 Å². The first-order valence-electron chi connectivity index (χ1n) is 6.43. The number of pyridine rings is 1. The van der Waals surface area contributed by atoms with Crippen molar-refractivity contribution in [3.05, 3.63) is 35.2 Å². The van der Waals surface area contributed by atoms with E-state index in [1.54, 1.807) is 16.7 Å². The average molecular weight is 285 g/mol. The van der Waals surface area contributed by atoms with Crippen LogP contribution in [0, 0.1) is 18.3 Å². The van der Waals surface area contributed by atoms with E-state index in [1.807, 2.05) is 32.9 Å². The molecule has 108 valence electrons. The van der Waals surface area contributed by atoms with Gasteiger partial charge in [0, 0.05) is 6.20 Å². The maximum absolute atomic E-state index is 11.0. The first kappa shape index (κ1) is 14.6. The van der Waals surface area contributed by atoms with Crippen molar-refractivity contribution < 1.29 is 14.6 Å². The van der Waals surface area contributed by atoms with Crippen molar-refractivity contribution in [2.45, 2.75) is 26.9 Å². The topological polar surface area (TPSA) is 87.6 Å². The predicted molar refractivity (Wildman–Crippen MR) is 76.9 cm³/mol. The standard InChI is InChI=1S/C15H15N3O3/c1-9(2)21-14-12(7-11(8-16)15(19)20)18-6-4-5-10(3)13(18)17-14/h4-7,9H,1-3H3,(H,19,20). The molecule has 0 aliphatic carbocycles. The molecule has 0 atom stereocenters. The van der Waals surface area contributed by atoms with Gasteiger partial charge < -0.3 is 9.84 Å². The number of carboxylic acids is 1. The Morgan fingerprint density at radius 3 is 2.86 bits per heavy atom. The summed E-state index contributed by atoms with van der Waals surface area (Å²) in [5, 5.41) is 17.9. The van der Waals surface area contributed by atoms with Crippen molar-refractivity contribution >= 4 is 17.7 Å². The summed E-state index contributed by atoms with van der Waals surface area (Å²) in [6.07, 6.45) is 2.92. The third-order valence-electron chi connectivity index (χ3n) is 2.83. The van der Waals surface area contributed by atoms with E-state index in [9.17, 15) is 4.79 Å². The number of nitriles is 1. The van der Waals surface area contributed by atoms with Crippen LogP contribution in [0.5, 0.6) is 5.88 Å². The summed E-state index contributed by atoms with van der Waals surface area (Å²) < 4.78 is 7.35. The van der Waals surface area contributed by atoms with Crippen LogP contribution in [0.4, 0.5) is 0 Å². The third kappa shape index (κ3) is 2.87. The number of fused-ring (bicyclic) bond motifs is 1. The van der Waals surface area contributed by atoms with Gasteiger partial charge in [0.05, 0.1) is 6.10 Å². The van der Waals surface area contributed by atoms with Gasteiger partial charge in [-0.25, -0.2) is 4.79 Å². The third-order valence-corrected chi connectivity index (χ3v) is 2.83. The van der Waals surface area contributed by atoms with E-state index >= 15 is 0 Å². The number of nitrogens with zero attached hydrogens (tertiary/aromatic N) is 3. The number of rotatable bonds is 4. The minimum Gasteiger partial charge on any atom is -0.477 e. The molecule has 1 N–H and O–H groups in total. The van der Waals surface area contributed by atoms with Crippen LogP contribution >= 0.6 is 0 Å². The van der Waals surface area contributed by atoms with Gasteiger partial charge in [0.2, 0.25) is 5.88 Å². The lowest BCUT2D eigenvalue weighted by Crippen LogP contribution is -2.07. The van der Waals surface area contributed by atoms with Gasteiger partial charge in [-0.2, -0.15) is 10.2 Å². The second kappa shape index (κ2) is 5.67. The van der Waals surface area contributed by atoms with Crippen molar-refractivity contribution in [2.24, 2.45) is 0 Å². The summed E-state index contributed by atoms with van der Waals surface area (Å²) in [4.78, 5) is 15.4. The van der Waals surface area contributed by atoms with Crippen LogP contribution in [0.1, 0.15) is 25.1 Å². The highest BCUT2D eigenvalue weighted by Gasteiger charge is 2.17. The molecule has 0 aromatic carbocycles. The number of hydrogen-bond acceptors (Lipinski definition) is 4. The molecule has 0 saturated carbocycles. The van der Waals surface area contributed by atoms with Crippen LogP contribution in [0.2, 0.25) is 0 Å². The molecule has 2 rings (SSSR count). The quantitative estimate of drug-likeness (QED) is 0.688. The van der Waals surface area contributed by atoms with Crippen molar-refractivity contribution in [1.29, 1.82) is 5.26 Å². The zero-order valence-electron chi connectivity index (χ0n) is 12.0. The van der Waals surface area contributed by atoms with Gasteiger partial charge in [0.15, 0.2) is 0 Å². The molecule has 2 heterocycles. The Balaban J connectivity index is 2.72. The average Bonchev–Trinajstić information content (AvgIpc) is 2.74. The minimum atomic E-state index is -1.28. The molecule has 0 bridgehead atoms. The zero-order chi connectivity index (χ0) is 15.6. The Kier molecular flexibility index (Phi) is 3.94. The second-order valence-corrected chi connectivity index (χ2v) is 4.83. The van der Waals surface area contributed by atoms with Gasteiger partial charge in [0.25, 0.3) is 0 Å². The normalized spacial score (nSPS) is 11.7. The lowest BCUT2D eigenvalue weighted by Gasteiger charge is -2.07. The first-order chi connectivity index (χ1) is 9.93. The van der Waals surface area contributed by atoms with E-state index in [2.05, 4.69) is 4.98 Å².